The van der Waals surface area contributed by atoms with E-state index in [4.69, 9.17) is 11.5 Å². The van der Waals surface area contributed by atoms with Crippen LogP contribution in [0.2, 0.25) is 0 Å². The summed E-state index contributed by atoms with van der Waals surface area (Å²) in [5.74, 6) is 0. The van der Waals surface area contributed by atoms with Crippen LogP contribution in [0.3, 0.4) is 0 Å². The Bertz CT molecular complexity index is 200. The highest BCUT2D eigenvalue weighted by Gasteiger charge is 2.30. The quantitative estimate of drug-likeness (QED) is 0.701. The van der Waals surface area contributed by atoms with E-state index in [1.54, 1.807) is 0 Å². The van der Waals surface area contributed by atoms with E-state index in [-0.39, 0.29) is 10.8 Å². The average Bonchev–Trinajstić information content (AvgIpc) is 1.83. The standard InChI is InChI=1S/C11H22N2/c1-8(12)10(3,4)7-11(5,6)9(2)13/h1-2,7,12-13H2,3-6H3. The molecule has 0 saturated carbocycles. The van der Waals surface area contributed by atoms with Crippen LogP contribution in [-0.4, -0.2) is 0 Å². The van der Waals surface area contributed by atoms with E-state index < -0.39 is 0 Å². The molecule has 0 unspecified atom stereocenters. The number of nitrogens with two attached hydrogens (primary N) is 2. The predicted molar refractivity (Wildman–Crippen MR) is 58.8 cm³/mol. The van der Waals surface area contributed by atoms with Gasteiger partial charge in [-0.1, -0.05) is 40.9 Å². The molecule has 0 radical (unpaired) electrons. The molecule has 0 amide bonds. The molecule has 0 bridgehead atoms. The Labute approximate surface area is 81.7 Å². The van der Waals surface area contributed by atoms with Gasteiger partial charge in [0.1, 0.15) is 0 Å². The second kappa shape index (κ2) is 3.44. The van der Waals surface area contributed by atoms with Crippen molar-refractivity contribution in [2.45, 2.75) is 34.1 Å². The molecule has 0 aliphatic carbocycles. The van der Waals surface area contributed by atoms with Crippen molar-refractivity contribution in [3.05, 3.63) is 24.6 Å². The summed E-state index contributed by atoms with van der Waals surface area (Å²) in [7, 11) is 0. The monoisotopic (exact) mass is 182 g/mol. The fraction of sp³-hybridized carbons (Fsp3) is 0.636. The smallest absolute Gasteiger partial charge is 0.00652 e. The van der Waals surface area contributed by atoms with Crippen LogP contribution < -0.4 is 11.5 Å². The lowest BCUT2D eigenvalue weighted by atomic mass is 9.72. The molecule has 2 nitrogen and oxygen atoms in total. The predicted octanol–water partition coefficient (Wildman–Crippen LogP) is 2.37. The minimum absolute atomic E-state index is 0.0915. The highest BCUT2D eigenvalue weighted by Crippen LogP contribution is 2.38. The Balaban J connectivity index is 4.61. The summed E-state index contributed by atoms with van der Waals surface area (Å²) < 4.78 is 0. The molecular weight excluding hydrogens is 160 g/mol. The van der Waals surface area contributed by atoms with E-state index in [0.717, 1.165) is 6.42 Å². The first-order chi connectivity index (χ1) is 5.59. The highest BCUT2D eigenvalue weighted by atomic mass is 14.7. The van der Waals surface area contributed by atoms with Gasteiger partial charge in [-0.3, -0.25) is 0 Å². The van der Waals surface area contributed by atoms with Gasteiger partial charge in [-0.2, -0.15) is 0 Å². The Morgan fingerprint density at radius 3 is 1.31 bits per heavy atom. The van der Waals surface area contributed by atoms with Gasteiger partial charge in [-0.15, -0.1) is 0 Å². The second-order valence-corrected chi connectivity index (χ2v) is 5.00. The molecule has 0 aliphatic rings. The van der Waals surface area contributed by atoms with Gasteiger partial charge in [0.2, 0.25) is 0 Å². The summed E-state index contributed by atoms with van der Waals surface area (Å²) in [6.45, 7) is 15.8. The van der Waals surface area contributed by atoms with Crippen LogP contribution >= 0.6 is 0 Å². The van der Waals surface area contributed by atoms with E-state index >= 15 is 0 Å². The number of hydrogen-bond donors (Lipinski definition) is 2. The summed E-state index contributed by atoms with van der Waals surface area (Å²) in [6.07, 6.45) is 0.866. The lowest BCUT2D eigenvalue weighted by molar-refractivity contribution is 0.264. The fourth-order valence-corrected chi connectivity index (χ4v) is 1.33. The SMILES string of the molecule is C=C(N)C(C)(C)CC(C)(C)C(=C)N. The maximum Gasteiger partial charge on any atom is 0.00652 e. The fourth-order valence-electron chi connectivity index (χ4n) is 1.33. The lowest BCUT2D eigenvalue weighted by Gasteiger charge is -2.35. The molecule has 0 aromatic rings. The van der Waals surface area contributed by atoms with Crippen LogP contribution in [-0.2, 0) is 0 Å². The van der Waals surface area contributed by atoms with Crippen LogP contribution in [0.5, 0.6) is 0 Å². The molecule has 76 valence electrons. The molecule has 0 aromatic carbocycles. The van der Waals surface area contributed by atoms with Crippen molar-refractivity contribution >= 4 is 0 Å². The van der Waals surface area contributed by atoms with Gasteiger partial charge in [-0.05, 0) is 6.42 Å². The van der Waals surface area contributed by atoms with Gasteiger partial charge in [0.25, 0.3) is 0 Å². The first-order valence-electron chi connectivity index (χ1n) is 4.49. The van der Waals surface area contributed by atoms with Crippen molar-refractivity contribution in [3.8, 4) is 0 Å². The Kier molecular flexibility index (Phi) is 3.20. The minimum atomic E-state index is -0.0915. The molecule has 0 fully saturated rings. The van der Waals surface area contributed by atoms with E-state index in [2.05, 4.69) is 40.9 Å². The summed E-state index contributed by atoms with van der Waals surface area (Å²) in [4.78, 5) is 0. The van der Waals surface area contributed by atoms with E-state index in [1.165, 1.54) is 0 Å². The largest absolute Gasteiger partial charge is 0.402 e. The number of allylic oxidation sites excluding steroid dienone is 2. The first-order valence-corrected chi connectivity index (χ1v) is 4.49. The zero-order valence-electron chi connectivity index (χ0n) is 9.28. The summed E-state index contributed by atoms with van der Waals surface area (Å²) in [6, 6.07) is 0. The topological polar surface area (TPSA) is 52.0 Å². The zero-order valence-corrected chi connectivity index (χ0v) is 9.28. The Morgan fingerprint density at radius 2 is 1.15 bits per heavy atom. The molecule has 0 rings (SSSR count). The molecule has 0 aliphatic heterocycles. The molecule has 0 spiro atoms. The van der Waals surface area contributed by atoms with Crippen molar-refractivity contribution in [1.82, 2.24) is 0 Å². The van der Waals surface area contributed by atoms with Gasteiger partial charge in [0, 0.05) is 22.2 Å². The van der Waals surface area contributed by atoms with Crippen LogP contribution in [0.15, 0.2) is 24.6 Å². The third-order valence-corrected chi connectivity index (χ3v) is 2.62. The molecule has 0 heterocycles. The molecule has 0 aromatic heterocycles. The Morgan fingerprint density at radius 1 is 0.923 bits per heavy atom. The summed E-state index contributed by atoms with van der Waals surface area (Å²) in [5.41, 5.74) is 12.6. The maximum atomic E-state index is 5.71. The van der Waals surface area contributed by atoms with Crippen molar-refractivity contribution in [3.63, 3.8) is 0 Å². The van der Waals surface area contributed by atoms with Crippen molar-refractivity contribution < 1.29 is 0 Å². The van der Waals surface area contributed by atoms with Gasteiger partial charge < -0.3 is 11.5 Å². The minimum Gasteiger partial charge on any atom is -0.402 e. The van der Waals surface area contributed by atoms with E-state index in [9.17, 15) is 0 Å². The van der Waals surface area contributed by atoms with E-state index in [0.29, 0.717) is 11.4 Å². The van der Waals surface area contributed by atoms with Gasteiger partial charge in [0.05, 0.1) is 0 Å². The van der Waals surface area contributed by atoms with Crippen LogP contribution in [0.4, 0.5) is 0 Å². The van der Waals surface area contributed by atoms with Gasteiger partial charge in [0.15, 0.2) is 0 Å². The third-order valence-electron chi connectivity index (χ3n) is 2.62. The third kappa shape index (κ3) is 3.13. The van der Waals surface area contributed by atoms with Gasteiger partial charge in [-0.25, -0.2) is 0 Å². The lowest BCUT2D eigenvalue weighted by Crippen LogP contribution is -2.31. The number of rotatable bonds is 4. The molecule has 0 atom stereocenters. The van der Waals surface area contributed by atoms with Crippen molar-refractivity contribution in [1.29, 1.82) is 0 Å². The highest BCUT2D eigenvalue weighted by molar-refractivity contribution is 5.10. The molecule has 0 saturated heterocycles. The maximum absolute atomic E-state index is 5.71. The molecule has 4 N–H and O–H groups in total. The molecular formula is C11H22N2. The normalized spacial score (nSPS) is 12.6. The van der Waals surface area contributed by atoms with E-state index in [1.807, 2.05) is 0 Å². The zero-order chi connectivity index (χ0) is 10.9. The Hall–Kier alpha value is -0.920. The summed E-state index contributed by atoms with van der Waals surface area (Å²) >= 11 is 0. The van der Waals surface area contributed by atoms with Crippen molar-refractivity contribution in [2.24, 2.45) is 22.3 Å². The first kappa shape index (κ1) is 12.1. The number of hydrogen-bond acceptors (Lipinski definition) is 2. The van der Waals surface area contributed by atoms with Crippen LogP contribution in [0.25, 0.3) is 0 Å². The van der Waals surface area contributed by atoms with Crippen LogP contribution in [0, 0.1) is 10.8 Å². The molecule has 2 heteroatoms. The van der Waals surface area contributed by atoms with Crippen molar-refractivity contribution in [2.75, 3.05) is 0 Å². The van der Waals surface area contributed by atoms with Gasteiger partial charge >= 0.3 is 0 Å². The summed E-state index contributed by atoms with van der Waals surface area (Å²) in [5, 5.41) is 0. The van der Waals surface area contributed by atoms with Crippen LogP contribution in [0.1, 0.15) is 34.1 Å². The average molecular weight is 182 g/mol. The molecule has 13 heavy (non-hydrogen) atoms. The second-order valence-electron chi connectivity index (χ2n) is 5.00.